The van der Waals surface area contributed by atoms with Crippen molar-refractivity contribution in [1.82, 2.24) is 0 Å². The van der Waals surface area contributed by atoms with Crippen molar-refractivity contribution >= 4 is 28.3 Å². The molecule has 0 amide bonds. The summed E-state index contributed by atoms with van der Waals surface area (Å²) in [6.07, 6.45) is 0.250. The van der Waals surface area contributed by atoms with Crippen LogP contribution >= 0.6 is 28.3 Å². The van der Waals surface area contributed by atoms with E-state index in [-0.39, 0.29) is 30.6 Å². The van der Waals surface area contributed by atoms with Crippen LogP contribution < -0.4 is 10.5 Å². The first-order valence-electron chi connectivity index (χ1n) is 4.48. The molecule has 6 heteroatoms. The highest BCUT2D eigenvalue weighted by Crippen LogP contribution is 2.36. The van der Waals surface area contributed by atoms with Crippen LogP contribution in [0.2, 0.25) is 0 Å². The summed E-state index contributed by atoms with van der Waals surface area (Å²) in [5, 5.41) is 9.55. The van der Waals surface area contributed by atoms with Gasteiger partial charge in [-0.05, 0) is 40.0 Å². The molecule has 1 rings (SSSR count). The average Bonchev–Trinajstić information content (AvgIpc) is 2.22. The number of halogens is 3. The summed E-state index contributed by atoms with van der Waals surface area (Å²) in [6.45, 7) is -0.470. The molecule has 0 saturated heterocycles. The molecule has 3 N–H and O–H groups in total. The lowest BCUT2D eigenvalue weighted by Crippen LogP contribution is -2.11. The van der Waals surface area contributed by atoms with Gasteiger partial charge in [0.1, 0.15) is 0 Å². The molecule has 0 unspecified atom stereocenters. The summed E-state index contributed by atoms with van der Waals surface area (Å²) in [4.78, 5) is 0. The zero-order valence-electron chi connectivity index (χ0n) is 8.74. The molecule has 0 saturated carbocycles. The summed E-state index contributed by atoms with van der Waals surface area (Å²) in [6, 6.07) is 2.89. The highest BCUT2D eigenvalue weighted by atomic mass is 79.9. The molecule has 0 aliphatic heterocycles. The number of phenols is 1. The SMILES string of the molecule is COc1cc([C@@H](N)CCF)cc(Br)c1O.Cl. The zero-order valence-corrected chi connectivity index (χ0v) is 11.1. The van der Waals surface area contributed by atoms with Crippen molar-refractivity contribution in [3.05, 3.63) is 22.2 Å². The molecule has 0 aliphatic carbocycles. The number of ether oxygens (including phenoxy) is 1. The molecule has 1 aromatic carbocycles. The molecule has 3 nitrogen and oxygen atoms in total. The lowest BCUT2D eigenvalue weighted by molar-refractivity contribution is 0.370. The Hall–Kier alpha value is -0.520. The van der Waals surface area contributed by atoms with Crippen LogP contribution in [-0.4, -0.2) is 18.9 Å². The molecule has 0 aliphatic rings. The van der Waals surface area contributed by atoms with Gasteiger partial charge in [-0.15, -0.1) is 12.4 Å². The normalized spacial score (nSPS) is 11.8. The summed E-state index contributed by atoms with van der Waals surface area (Å²) < 4.78 is 17.6. The first-order valence-corrected chi connectivity index (χ1v) is 5.27. The molecule has 0 aromatic heterocycles. The van der Waals surface area contributed by atoms with E-state index in [2.05, 4.69) is 15.9 Å². The maximum atomic E-state index is 12.1. The first-order chi connectivity index (χ1) is 7.10. The molecule has 0 radical (unpaired) electrons. The maximum absolute atomic E-state index is 12.1. The third-order valence-corrected chi connectivity index (χ3v) is 2.72. The average molecular weight is 315 g/mol. The lowest BCUT2D eigenvalue weighted by Gasteiger charge is -2.13. The predicted molar refractivity (Wildman–Crippen MR) is 67.1 cm³/mol. The minimum atomic E-state index is -0.470. The number of rotatable bonds is 4. The number of methoxy groups -OCH3 is 1. The Bertz CT molecular complexity index is 352. The largest absolute Gasteiger partial charge is 0.503 e. The predicted octanol–water partition coefficient (Wildman–Crippen LogP) is 2.94. The molecular weight excluding hydrogens is 300 g/mol. The van der Waals surface area contributed by atoms with Gasteiger partial charge in [-0.25, -0.2) is 0 Å². The van der Waals surface area contributed by atoms with E-state index < -0.39 is 6.67 Å². The maximum Gasteiger partial charge on any atom is 0.172 e. The Balaban J connectivity index is 0.00000225. The van der Waals surface area contributed by atoms with Crippen LogP contribution in [0.5, 0.6) is 11.5 Å². The summed E-state index contributed by atoms with van der Waals surface area (Å²) in [7, 11) is 1.45. The molecule has 0 fully saturated rings. The minimum absolute atomic E-state index is 0. The molecule has 16 heavy (non-hydrogen) atoms. The van der Waals surface area contributed by atoms with Gasteiger partial charge in [0.25, 0.3) is 0 Å². The van der Waals surface area contributed by atoms with E-state index in [4.69, 9.17) is 10.5 Å². The van der Waals surface area contributed by atoms with Gasteiger partial charge in [0.15, 0.2) is 11.5 Å². The fourth-order valence-corrected chi connectivity index (χ4v) is 1.71. The van der Waals surface area contributed by atoms with Gasteiger partial charge < -0.3 is 15.6 Å². The highest BCUT2D eigenvalue weighted by Gasteiger charge is 2.13. The quantitative estimate of drug-likeness (QED) is 0.898. The van der Waals surface area contributed by atoms with E-state index >= 15 is 0 Å². The second-order valence-electron chi connectivity index (χ2n) is 3.14. The number of phenolic OH excluding ortho intramolecular Hbond substituents is 1. The van der Waals surface area contributed by atoms with Crippen molar-refractivity contribution in [3.8, 4) is 11.5 Å². The molecule has 0 bridgehead atoms. The Morgan fingerprint density at radius 1 is 1.56 bits per heavy atom. The van der Waals surface area contributed by atoms with E-state index in [9.17, 15) is 9.50 Å². The summed E-state index contributed by atoms with van der Waals surface area (Å²) in [5.41, 5.74) is 6.48. The van der Waals surface area contributed by atoms with Crippen molar-refractivity contribution in [3.63, 3.8) is 0 Å². The van der Waals surface area contributed by atoms with Gasteiger partial charge in [-0.2, -0.15) is 0 Å². The second kappa shape index (κ2) is 6.93. The number of hydrogen-bond donors (Lipinski definition) is 2. The number of benzene rings is 1. The van der Waals surface area contributed by atoms with E-state index in [1.807, 2.05) is 0 Å². The van der Waals surface area contributed by atoms with Crippen LogP contribution in [0.25, 0.3) is 0 Å². The fraction of sp³-hybridized carbons (Fsp3) is 0.400. The number of aromatic hydroxyl groups is 1. The second-order valence-corrected chi connectivity index (χ2v) is 3.99. The van der Waals surface area contributed by atoms with Crippen molar-refractivity contribution in [2.75, 3.05) is 13.8 Å². The summed E-state index contributed by atoms with van der Waals surface area (Å²) in [5.74, 6) is 0.349. The number of nitrogens with two attached hydrogens (primary N) is 1. The van der Waals surface area contributed by atoms with Crippen molar-refractivity contribution < 1.29 is 14.2 Å². The molecule has 0 heterocycles. The first kappa shape index (κ1) is 15.5. The third-order valence-electron chi connectivity index (χ3n) is 2.12. The van der Waals surface area contributed by atoms with Gasteiger partial charge in [0.05, 0.1) is 18.3 Å². The van der Waals surface area contributed by atoms with E-state index in [1.165, 1.54) is 7.11 Å². The molecular formula is C10H14BrClFNO2. The third kappa shape index (κ3) is 3.50. The van der Waals surface area contributed by atoms with Crippen molar-refractivity contribution in [2.45, 2.75) is 12.5 Å². The van der Waals surface area contributed by atoms with Crippen LogP contribution in [-0.2, 0) is 0 Å². The van der Waals surface area contributed by atoms with Gasteiger partial charge in [-0.1, -0.05) is 0 Å². The van der Waals surface area contributed by atoms with Gasteiger partial charge in [-0.3, -0.25) is 4.39 Å². The Morgan fingerprint density at radius 3 is 2.69 bits per heavy atom. The van der Waals surface area contributed by atoms with Gasteiger partial charge >= 0.3 is 0 Å². The fourth-order valence-electron chi connectivity index (χ4n) is 1.25. The Kier molecular flexibility index (Phi) is 6.71. The summed E-state index contributed by atoms with van der Waals surface area (Å²) >= 11 is 3.18. The molecule has 0 spiro atoms. The molecule has 1 aromatic rings. The Labute approximate surface area is 108 Å². The van der Waals surface area contributed by atoms with Crippen LogP contribution in [0.4, 0.5) is 4.39 Å². The van der Waals surface area contributed by atoms with E-state index in [0.29, 0.717) is 10.2 Å². The zero-order chi connectivity index (χ0) is 11.4. The van der Waals surface area contributed by atoms with Crippen LogP contribution in [0.1, 0.15) is 18.0 Å². The number of alkyl halides is 1. The number of hydrogen-bond acceptors (Lipinski definition) is 3. The topological polar surface area (TPSA) is 55.5 Å². The standard InChI is InChI=1S/C10H13BrFNO2.ClH/c1-15-9-5-6(8(13)2-3-12)4-7(11)10(9)14;/h4-5,8,14H,2-3,13H2,1H3;1H/t8-;/m0./s1. The van der Waals surface area contributed by atoms with E-state index in [1.54, 1.807) is 12.1 Å². The lowest BCUT2D eigenvalue weighted by atomic mass is 10.0. The highest BCUT2D eigenvalue weighted by molar-refractivity contribution is 9.10. The molecule has 1 atom stereocenters. The smallest absolute Gasteiger partial charge is 0.172 e. The van der Waals surface area contributed by atoms with Crippen LogP contribution in [0.15, 0.2) is 16.6 Å². The van der Waals surface area contributed by atoms with Crippen LogP contribution in [0.3, 0.4) is 0 Å². The molecule has 92 valence electrons. The minimum Gasteiger partial charge on any atom is -0.503 e. The van der Waals surface area contributed by atoms with Gasteiger partial charge in [0.2, 0.25) is 0 Å². The van der Waals surface area contributed by atoms with E-state index in [0.717, 1.165) is 5.56 Å². The van der Waals surface area contributed by atoms with Crippen LogP contribution in [0, 0.1) is 0 Å². The van der Waals surface area contributed by atoms with Crippen molar-refractivity contribution in [2.24, 2.45) is 5.73 Å². The van der Waals surface area contributed by atoms with Gasteiger partial charge in [0, 0.05) is 6.04 Å². The monoisotopic (exact) mass is 313 g/mol. The van der Waals surface area contributed by atoms with Crippen molar-refractivity contribution in [1.29, 1.82) is 0 Å². The Morgan fingerprint density at radius 2 is 2.19 bits per heavy atom.